The van der Waals surface area contributed by atoms with Gasteiger partial charge in [0.15, 0.2) is 5.78 Å². The summed E-state index contributed by atoms with van der Waals surface area (Å²) in [6, 6.07) is 3.69. The van der Waals surface area contributed by atoms with Crippen molar-refractivity contribution in [1.82, 2.24) is 4.98 Å². The summed E-state index contributed by atoms with van der Waals surface area (Å²) in [5, 5.41) is 31.2. The van der Waals surface area contributed by atoms with E-state index in [0.29, 0.717) is 29.9 Å². The minimum Gasteiger partial charge on any atom is -0.550 e. The third kappa shape index (κ3) is 7.65. The van der Waals surface area contributed by atoms with Gasteiger partial charge in [-0.3, -0.25) is 4.79 Å². The minimum atomic E-state index is -1.28. The van der Waals surface area contributed by atoms with Gasteiger partial charge in [0.25, 0.3) is 0 Å². The number of fused-ring (bicyclic) bond motifs is 1. The number of H-pyrrole nitrogens is 1. The van der Waals surface area contributed by atoms with E-state index >= 15 is 0 Å². The number of aliphatic hydroxyl groups excluding tert-OH is 2. The van der Waals surface area contributed by atoms with E-state index in [1.165, 1.54) is 0 Å². The van der Waals surface area contributed by atoms with Gasteiger partial charge in [-0.05, 0) is 73.6 Å². The SMILES string of the molecule is CC/C(=C\[C@@H]1C=C[C@H]2[C@@H](CC[C@@H]2C)[C@@H]1C(=O)c1ccc[nH]1)C(O)/C(C)=C/C=C/CC(O)CC(=O)[O-].[Na+]. The van der Waals surface area contributed by atoms with Gasteiger partial charge in [0.1, 0.15) is 0 Å². The summed E-state index contributed by atoms with van der Waals surface area (Å²) < 4.78 is 0. The van der Waals surface area contributed by atoms with Crippen LogP contribution in [-0.4, -0.2) is 39.2 Å². The fourth-order valence-corrected chi connectivity index (χ4v) is 5.63. The van der Waals surface area contributed by atoms with Crippen molar-refractivity contribution in [3.8, 4) is 0 Å². The number of hydrogen-bond donors (Lipinski definition) is 3. The first-order valence-electron chi connectivity index (χ1n) is 12.7. The molecule has 0 aromatic carbocycles. The summed E-state index contributed by atoms with van der Waals surface area (Å²) in [5.41, 5.74) is 2.25. The van der Waals surface area contributed by atoms with Crippen molar-refractivity contribution >= 4 is 11.8 Å². The van der Waals surface area contributed by atoms with Gasteiger partial charge >= 0.3 is 29.6 Å². The zero-order valence-electron chi connectivity index (χ0n) is 21.9. The van der Waals surface area contributed by atoms with Gasteiger partial charge in [-0.15, -0.1) is 0 Å². The molecule has 190 valence electrons. The Morgan fingerprint density at radius 2 is 2.00 bits per heavy atom. The number of aliphatic hydroxyl groups is 2. The Labute approximate surface area is 236 Å². The van der Waals surface area contributed by atoms with E-state index in [-0.39, 0.29) is 53.6 Å². The molecule has 1 aromatic rings. The number of aliphatic carboxylic acids is 1. The van der Waals surface area contributed by atoms with Crippen LogP contribution in [0.4, 0.5) is 0 Å². The van der Waals surface area contributed by atoms with E-state index in [0.717, 1.165) is 24.0 Å². The molecule has 0 radical (unpaired) electrons. The van der Waals surface area contributed by atoms with Crippen LogP contribution < -0.4 is 34.7 Å². The normalized spacial score (nSPS) is 28.0. The second kappa shape index (κ2) is 14.3. The molecule has 36 heavy (non-hydrogen) atoms. The summed E-state index contributed by atoms with van der Waals surface area (Å²) in [6.07, 6.45) is 14.3. The smallest absolute Gasteiger partial charge is 0.550 e. The number of carbonyl (C=O) groups is 2. The number of aromatic amines is 1. The first-order chi connectivity index (χ1) is 16.7. The predicted molar refractivity (Wildman–Crippen MR) is 134 cm³/mol. The molecule has 7 atom stereocenters. The maximum atomic E-state index is 13.6. The number of carboxylic acids is 1. The molecule has 0 spiro atoms. The maximum Gasteiger partial charge on any atom is 1.00 e. The Kier molecular flexibility index (Phi) is 12.1. The number of ketones is 1. The molecule has 1 fully saturated rings. The molecule has 7 heteroatoms. The first kappa shape index (κ1) is 30.5. The van der Waals surface area contributed by atoms with E-state index in [2.05, 4.69) is 30.1 Å². The molecule has 1 saturated carbocycles. The van der Waals surface area contributed by atoms with Crippen molar-refractivity contribution < 1.29 is 54.5 Å². The van der Waals surface area contributed by atoms with Crippen LogP contribution in [0.1, 0.15) is 63.4 Å². The third-order valence-corrected chi connectivity index (χ3v) is 7.61. The van der Waals surface area contributed by atoms with Gasteiger partial charge in [0.05, 0.1) is 17.9 Å². The average Bonchev–Trinajstić information content (AvgIpc) is 3.49. The molecule has 2 aliphatic rings. The van der Waals surface area contributed by atoms with E-state index in [1.807, 2.05) is 26.0 Å². The van der Waals surface area contributed by atoms with E-state index in [1.54, 1.807) is 24.4 Å². The van der Waals surface area contributed by atoms with Crippen molar-refractivity contribution in [2.24, 2.45) is 29.6 Å². The molecule has 2 unspecified atom stereocenters. The second-order valence-electron chi connectivity index (χ2n) is 10.0. The van der Waals surface area contributed by atoms with Crippen LogP contribution in [0, 0.1) is 29.6 Å². The Balaban J connectivity index is 0.00000456. The second-order valence-corrected chi connectivity index (χ2v) is 10.0. The Morgan fingerprint density at radius 3 is 2.64 bits per heavy atom. The maximum absolute atomic E-state index is 13.6. The van der Waals surface area contributed by atoms with E-state index < -0.39 is 24.6 Å². The topological polar surface area (TPSA) is 113 Å². The summed E-state index contributed by atoms with van der Waals surface area (Å²) in [4.78, 5) is 27.2. The summed E-state index contributed by atoms with van der Waals surface area (Å²) >= 11 is 0. The monoisotopic (exact) mass is 503 g/mol. The largest absolute Gasteiger partial charge is 1.00 e. The fourth-order valence-electron chi connectivity index (χ4n) is 5.63. The van der Waals surface area contributed by atoms with Gasteiger partial charge < -0.3 is 25.1 Å². The molecular weight excluding hydrogens is 465 g/mol. The summed E-state index contributed by atoms with van der Waals surface area (Å²) in [7, 11) is 0. The average molecular weight is 504 g/mol. The number of allylic oxidation sites excluding steroid dienone is 5. The number of rotatable bonds is 11. The van der Waals surface area contributed by atoms with Crippen LogP contribution in [-0.2, 0) is 4.79 Å². The van der Waals surface area contributed by atoms with Gasteiger partial charge in [-0.1, -0.05) is 50.3 Å². The Morgan fingerprint density at radius 1 is 1.25 bits per heavy atom. The summed E-state index contributed by atoms with van der Waals surface area (Å²) in [5.74, 6) is -0.0961. The number of aromatic nitrogens is 1. The molecule has 6 nitrogen and oxygen atoms in total. The molecule has 3 N–H and O–H groups in total. The summed E-state index contributed by atoms with van der Waals surface area (Å²) in [6.45, 7) is 6.11. The number of carboxylic acid groups (broad SMARTS) is 1. The van der Waals surface area contributed by atoms with Crippen LogP contribution in [0.2, 0.25) is 0 Å². The fraction of sp³-hybridized carbons (Fsp3) is 0.517. The Bertz CT molecular complexity index is 993. The van der Waals surface area contributed by atoms with Crippen molar-refractivity contribution in [3.05, 3.63) is 71.6 Å². The quantitative estimate of drug-likeness (QED) is 0.179. The molecule has 0 aliphatic heterocycles. The third-order valence-electron chi connectivity index (χ3n) is 7.61. The predicted octanol–water partition coefficient (Wildman–Crippen LogP) is 0.757. The molecule has 1 heterocycles. The number of carbonyl (C=O) groups excluding carboxylic acids is 2. The van der Waals surface area contributed by atoms with Crippen LogP contribution in [0.3, 0.4) is 0 Å². The van der Waals surface area contributed by atoms with Crippen LogP contribution in [0.5, 0.6) is 0 Å². The van der Waals surface area contributed by atoms with E-state index in [9.17, 15) is 24.9 Å². The van der Waals surface area contributed by atoms with Crippen LogP contribution in [0.25, 0.3) is 0 Å². The molecule has 0 saturated heterocycles. The van der Waals surface area contributed by atoms with Gasteiger partial charge in [0, 0.05) is 30.4 Å². The van der Waals surface area contributed by atoms with Crippen LogP contribution >= 0.6 is 0 Å². The number of nitrogens with one attached hydrogen (secondary N) is 1. The zero-order chi connectivity index (χ0) is 25.5. The molecule has 0 bridgehead atoms. The minimum absolute atomic E-state index is 0. The van der Waals surface area contributed by atoms with Crippen molar-refractivity contribution in [2.45, 2.75) is 65.1 Å². The van der Waals surface area contributed by atoms with Gasteiger partial charge in [-0.2, -0.15) is 0 Å². The standard InChI is InChI=1S/C29H39NO5.Na/c1-4-20(28(34)19(3)8-5-6-9-22(31)17-26(32)33)16-21-12-14-23-18(2)11-13-24(23)27(21)29(35)25-10-7-15-30-25;/h5-8,10,12,14-16,18,21-24,27-28,30-31,34H,4,9,11,13,17H2,1-3H3,(H,32,33);/q;+1/p-1/b6-5+,19-8+,20-16+;/t18-,21-,22?,23+,24+,27+,28?;/m0./s1. The first-order valence-corrected chi connectivity index (χ1v) is 12.7. The number of Topliss-reactive ketones (excluding diaryl/α,β-unsaturated/α-hetero) is 1. The zero-order valence-corrected chi connectivity index (χ0v) is 23.9. The van der Waals surface area contributed by atoms with Gasteiger partial charge in [0.2, 0.25) is 0 Å². The molecule has 0 amide bonds. The van der Waals surface area contributed by atoms with Crippen molar-refractivity contribution in [3.63, 3.8) is 0 Å². The van der Waals surface area contributed by atoms with E-state index in [4.69, 9.17) is 0 Å². The molecule has 2 aliphatic carbocycles. The van der Waals surface area contributed by atoms with Crippen molar-refractivity contribution in [1.29, 1.82) is 0 Å². The Hall–Kier alpha value is -1.70. The van der Waals surface area contributed by atoms with Crippen LogP contribution in [0.15, 0.2) is 65.9 Å². The molecular formula is C29H38NNaO5. The molecule has 3 rings (SSSR count). The van der Waals surface area contributed by atoms with Crippen molar-refractivity contribution in [2.75, 3.05) is 0 Å². The molecule has 1 aromatic heterocycles. The number of hydrogen-bond acceptors (Lipinski definition) is 5. The van der Waals surface area contributed by atoms with Gasteiger partial charge in [-0.25, -0.2) is 0 Å².